The molecule has 6 heterocycles. The van der Waals surface area contributed by atoms with Crippen LogP contribution in [-0.2, 0) is 42.9 Å². The Balaban J connectivity index is 1.17. The maximum Gasteiger partial charge on any atom is 0.291 e. The summed E-state index contributed by atoms with van der Waals surface area (Å²) in [5, 5.41) is 16.4. The number of ether oxygens (including phenoxy) is 2. The van der Waals surface area contributed by atoms with Gasteiger partial charge in [-0.25, -0.2) is 19.0 Å². The van der Waals surface area contributed by atoms with Crippen molar-refractivity contribution < 1.29 is 9.47 Å². The molecule has 6 rings (SSSR count). The van der Waals surface area contributed by atoms with Crippen LogP contribution in [0, 0.1) is 0 Å². The van der Waals surface area contributed by atoms with Crippen LogP contribution in [0.15, 0.2) is 41.7 Å². The Bertz CT molecular complexity index is 2050. The van der Waals surface area contributed by atoms with Gasteiger partial charge in [-0.2, -0.15) is 15.3 Å². The molecule has 0 saturated carbocycles. The molecular weight excluding hydrogens is 635 g/mol. The molecule has 15 heteroatoms. The lowest BCUT2D eigenvalue weighted by molar-refractivity contribution is 0.0783. The molecule has 0 radical (unpaired) electrons. The molecule has 244 valence electrons. The Hall–Kier alpha value is -3.51. The van der Waals surface area contributed by atoms with Crippen molar-refractivity contribution in [1.82, 2.24) is 43.9 Å². The monoisotopic (exact) mass is 677 g/mol. The van der Waals surface area contributed by atoms with E-state index in [1.54, 1.807) is 29.9 Å². The Morgan fingerprint density at radius 3 is 2.33 bits per heavy atom. The lowest BCUT2D eigenvalue weighted by Gasteiger charge is -2.15. The molecule has 0 atom stereocenters. The quantitative estimate of drug-likeness (QED) is 0.109. The van der Waals surface area contributed by atoms with Crippen molar-refractivity contribution in [3.8, 4) is 0 Å². The van der Waals surface area contributed by atoms with Crippen molar-refractivity contribution in [3.05, 3.63) is 63.7 Å². The zero-order chi connectivity index (χ0) is 32.6. The van der Waals surface area contributed by atoms with E-state index in [1.165, 1.54) is 4.68 Å². The number of hydrogen-bond acceptors (Lipinski definition) is 9. The number of fused-ring (bicyclic) bond motifs is 4. The largest absolute Gasteiger partial charge is 0.360 e. The maximum atomic E-state index is 13.7. The van der Waals surface area contributed by atoms with Gasteiger partial charge in [0.1, 0.15) is 24.0 Å². The Morgan fingerprint density at radius 2 is 1.59 bits per heavy atom. The molecule has 0 saturated heterocycles. The van der Waals surface area contributed by atoms with E-state index < -0.39 is 16.1 Å². The van der Waals surface area contributed by atoms with Gasteiger partial charge in [0.2, 0.25) is 0 Å². The first kappa shape index (κ1) is 32.4. The van der Waals surface area contributed by atoms with Crippen LogP contribution in [0.25, 0.3) is 32.2 Å². The summed E-state index contributed by atoms with van der Waals surface area (Å²) < 4.78 is 19.7. The second-order valence-electron chi connectivity index (χ2n) is 14.2. The molecule has 0 aliphatic rings. The van der Waals surface area contributed by atoms with Gasteiger partial charge in [0.05, 0.1) is 40.5 Å². The molecular formula is C31H43N9O3SSi2. The van der Waals surface area contributed by atoms with E-state index in [0.717, 1.165) is 68.3 Å². The van der Waals surface area contributed by atoms with Crippen molar-refractivity contribution in [3.63, 3.8) is 0 Å². The second-order valence-corrected chi connectivity index (χ2v) is 26.6. The number of hydrogen-bond donors (Lipinski definition) is 0. The second kappa shape index (κ2) is 12.9. The zero-order valence-electron chi connectivity index (χ0n) is 27.8. The highest BCUT2D eigenvalue weighted by atomic mass is 32.1. The van der Waals surface area contributed by atoms with Crippen LogP contribution in [-0.4, -0.2) is 73.2 Å². The van der Waals surface area contributed by atoms with Gasteiger partial charge >= 0.3 is 0 Å². The third-order valence-corrected chi connectivity index (χ3v) is 12.5. The Labute approximate surface area is 274 Å². The number of pyridine rings is 1. The lowest BCUT2D eigenvalue weighted by Crippen LogP contribution is -2.25. The van der Waals surface area contributed by atoms with Crippen LogP contribution in [0.3, 0.4) is 0 Å². The number of rotatable bonds is 14. The number of nitrogens with zero attached hydrogens (tertiary/aromatic N) is 9. The first-order valence-electron chi connectivity index (χ1n) is 15.7. The highest BCUT2D eigenvalue weighted by Gasteiger charge is 2.20. The molecule has 12 nitrogen and oxygen atoms in total. The number of thiazole rings is 1. The van der Waals surface area contributed by atoms with Crippen molar-refractivity contribution in [2.24, 2.45) is 7.05 Å². The summed E-state index contributed by atoms with van der Waals surface area (Å²) in [4.78, 5) is 23.2. The first-order chi connectivity index (χ1) is 21.9. The van der Waals surface area contributed by atoms with E-state index in [2.05, 4.69) is 59.6 Å². The topological polar surface area (TPSA) is 120 Å². The fourth-order valence-corrected chi connectivity index (χ4v) is 7.88. The molecule has 0 N–H and O–H groups in total. The average molecular weight is 678 g/mol. The van der Waals surface area contributed by atoms with Gasteiger partial charge in [-0.15, -0.1) is 11.3 Å². The summed E-state index contributed by atoms with van der Waals surface area (Å²) in [7, 11) is -0.394. The molecule has 6 aromatic heterocycles. The van der Waals surface area contributed by atoms with E-state index >= 15 is 0 Å². The average Bonchev–Trinajstić information content (AvgIpc) is 3.76. The van der Waals surface area contributed by atoms with Crippen LogP contribution >= 0.6 is 11.3 Å². The molecule has 0 amide bonds. The maximum absolute atomic E-state index is 13.7. The van der Waals surface area contributed by atoms with Gasteiger partial charge in [-0.1, -0.05) is 39.3 Å². The highest BCUT2D eigenvalue weighted by Crippen LogP contribution is 2.31. The SMILES string of the molecule is Cn1c2nc(Cc3ccn(COCC[Si](C)(C)C)n3)sc2c2cnn(Cc3nccc4c3cnn4COCC[Si](C)(C)C)c(=O)c21. The molecule has 0 aliphatic heterocycles. The predicted molar refractivity (Wildman–Crippen MR) is 188 cm³/mol. The van der Waals surface area contributed by atoms with E-state index in [-0.39, 0.29) is 12.1 Å². The molecule has 0 spiro atoms. The van der Waals surface area contributed by atoms with Gasteiger partial charge in [-0.05, 0) is 24.2 Å². The summed E-state index contributed by atoms with van der Waals surface area (Å²) >= 11 is 1.58. The van der Waals surface area contributed by atoms with Crippen molar-refractivity contribution >= 4 is 59.6 Å². The van der Waals surface area contributed by atoms with Gasteiger partial charge in [0, 0.05) is 66.0 Å². The van der Waals surface area contributed by atoms with Gasteiger partial charge < -0.3 is 14.0 Å². The molecule has 0 unspecified atom stereocenters. The van der Waals surface area contributed by atoms with Crippen molar-refractivity contribution in [1.29, 1.82) is 0 Å². The van der Waals surface area contributed by atoms with Gasteiger partial charge in [0.15, 0.2) is 5.65 Å². The van der Waals surface area contributed by atoms with Crippen LogP contribution in [0.5, 0.6) is 0 Å². The predicted octanol–water partition coefficient (Wildman–Crippen LogP) is 5.55. The summed E-state index contributed by atoms with van der Waals surface area (Å²) in [6.07, 6.45) is 7.86. The molecule has 0 fully saturated rings. The zero-order valence-corrected chi connectivity index (χ0v) is 30.6. The van der Waals surface area contributed by atoms with Crippen molar-refractivity contribution in [2.45, 2.75) is 77.8 Å². The number of aryl methyl sites for hydroxylation is 1. The van der Waals surface area contributed by atoms with Crippen LogP contribution in [0.1, 0.15) is 16.4 Å². The summed E-state index contributed by atoms with van der Waals surface area (Å²) in [5.41, 5.74) is 3.76. The van der Waals surface area contributed by atoms with E-state index in [4.69, 9.17) is 14.5 Å². The standard InChI is InChI=1S/C31H43N9O3SSi2/c1-37-28-24(29-30(37)35-27(44-29)16-22-9-11-38(36-22)20-42-12-14-45(2,3)4)18-33-39(31(28)41)19-25-23-17-34-40(26(23)8-10-32-25)21-43-13-15-46(5,6)7/h8-11,17-18H,12-16,19-21H2,1-7H3. The van der Waals surface area contributed by atoms with E-state index in [9.17, 15) is 4.79 Å². The third kappa shape index (κ3) is 7.23. The lowest BCUT2D eigenvalue weighted by atomic mass is 10.2. The Morgan fingerprint density at radius 1 is 0.891 bits per heavy atom. The van der Waals surface area contributed by atoms with Crippen molar-refractivity contribution in [2.75, 3.05) is 13.2 Å². The molecule has 46 heavy (non-hydrogen) atoms. The summed E-state index contributed by atoms with van der Waals surface area (Å²) in [5.74, 6) is 0. The molecule has 0 aromatic carbocycles. The smallest absolute Gasteiger partial charge is 0.291 e. The van der Waals surface area contributed by atoms with Gasteiger partial charge in [-0.3, -0.25) is 9.78 Å². The highest BCUT2D eigenvalue weighted by molar-refractivity contribution is 7.19. The van der Waals surface area contributed by atoms with Crippen LogP contribution in [0.4, 0.5) is 0 Å². The minimum atomic E-state index is -1.16. The number of aromatic nitrogens is 9. The van der Waals surface area contributed by atoms with Crippen LogP contribution in [0.2, 0.25) is 51.4 Å². The van der Waals surface area contributed by atoms with E-state index in [0.29, 0.717) is 25.4 Å². The van der Waals surface area contributed by atoms with E-state index in [1.807, 2.05) is 39.3 Å². The first-order valence-corrected chi connectivity index (χ1v) is 23.9. The fourth-order valence-electron chi connectivity index (χ4n) is 5.24. The molecule has 0 bridgehead atoms. The van der Waals surface area contributed by atoms with Gasteiger partial charge in [0.25, 0.3) is 5.56 Å². The fraction of sp³-hybridized carbons (Fsp3) is 0.484. The molecule has 6 aromatic rings. The summed E-state index contributed by atoms with van der Waals surface area (Å²) in [6, 6.07) is 6.17. The minimum absolute atomic E-state index is 0.180. The normalized spacial score (nSPS) is 12.8. The van der Waals surface area contributed by atoms with Crippen LogP contribution < -0.4 is 5.56 Å². The third-order valence-electron chi connectivity index (χ3n) is 7.98. The Kier molecular flexibility index (Phi) is 9.13. The molecule has 0 aliphatic carbocycles. The minimum Gasteiger partial charge on any atom is -0.360 e. The summed E-state index contributed by atoms with van der Waals surface area (Å²) in [6.45, 7) is 16.6.